The van der Waals surface area contributed by atoms with Gasteiger partial charge in [-0.25, -0.2) is 9.97 Å². The lowest BCUT2D eigenvalue weighted by Crippen LogP contribution is -2.16. The van der Waals surface area contributed by atoms with E-state index in [1.54, 1.807) is 0 Å². The van der Waals surface area contributed by atoms with Crippen molar-refractivity contribution < 1.29 is 4.79 Å². The number of hydrogen-bond acceptors (Lipinski definition) is 3. The van der Waals surface area contributed by atoms with Crippen LogP contribution in [-0.2, 0) is 0 Å². The van der Waals surface area contributed by atoms with Crippen LogP contribution in [0.2, 0.25) is 0 Å². The van der Waals surface area contributed by atoms with E-state index >= 15 is 0 Å². The maximum Gasteiger partial charge on any atom is 0.274 e. The Kier molecular flexibility index (Phi) is 3.45. The van der Waals surface area contributed by atoms with Crippen LogP contribution in [0.5, 0.6) is 0 Å². The average molecular weight is 281 g/mol. The van der Waals surface area contributed by atoms with Crippen molar-refractivity contribution in [3.63, 3.8) is 0 Å². The minimum Gasteiger partial charge on any atom is -0.320 e. The van der Waals surface area contributed by atoms with Crippen LogP contribution < -0.4 is 5.32 Å². The van der Waals surface area contributed by atoms with Crippen molar-refractivity contribution >= 4 is 11.6 Å². The molecule has 0 bridgehead atoms. The van der Waals surface area contributed by atoms with Gasteiger partial charge in [0.2, 0.25) is 0 Å². The van der Waals surface area contributed by atoms with Crippen LogP contribution in [0, 0.1) is 20.8 Å². The molecule has 0 unspecified atom stereocenters. The minimum absolute atomic E-state index is 0.172. The summed E-state index contributed by atoms with van der Waals surface area (Å²) < 4.78 is 0. The van der Waals surface area contributed by atoms with Gasteiger partial charge in [0.15, 0.2) is 0 Å². The first-order valence-corrected chi connectivity index (χ1v) is 7.25. The van der Waals surface area contributed by atoms with E-state index in [-0.39, 0.29) is 5.91 Å². The molecule has 1 aromatic heterocycles. The first kappa shape index (κ1) is 13.7. The third kappa shape index (κ3) is 2.94. The zero-order valence-corrected chi connectivity index (χ0v) is 12.6. The van der Waals surface area contributed by atoms with Gasteiger partial charge >= 0.3 is 0 Å². The highest BCUT2D eigenvalue weighted by Gasteiger charge is 2.26. The lowest BCUT2D eigenvalue weighted by Gasteiger charge is -2.12. The van der Waals surface area contributed by atoms with Crippen molar-refractivity contribution in [2.24, 2.45) is 0 Å². The molecule has 108 valence electrons. The third-order valence-electron chi connectivity index (χ3n) is 3.83. The Morgan fingerprint density at radius 2 is 1.76 bits per heavy atom. The van der Waals surface area contributed by atoms with Gasteiger partial charge in [0.1, 0.15) is 12.0 Å². The van der Waals surface area contributed by atoms with Gasteiger partial charge in [-0.1, -0.05) is 17.7 Å². The number of anilines is 1. The Labute approximate surface area is 124 Å². The summed E-state index contributed by atoms with van der Waals surface area (Å²) in [7, 11) is 0. The van der Waals surface area contributed by atoms with E-state index < -0.39 is 0 Å². The van der Waals surface area contributed by atoms with Gasteiger partial charge < -0.3 is 5.32 Å². The fourth-order valence-corrected chi connectivity index (χ4v) is 2.65. The maximum atomic E-state index is 12.4. The summed E-state index contributed by atoms with van der Waals surface area (Å²) >= 11 is 0. The molecular weight excluding hydrogens is 262 g/mol. The highest BCUT2D eigenvalue weighted by atomic mass is 16.1. The molecule has 1 amide bonds. The summed E-state index contributed by atoms with van der Waals surface area (Å²) in [4.78, 5) is 20.7. The Hall–Kier alpha value is -2.23. The molecule has 0 aliphatic heterocycles. The van der Waals surface area contributed by atoms with Gasteiger partial charge in [-0.2, -0.15) is 0 Å². The number of aryl methyl sites for hydroxylation is 3. The quantitative estimate of drug-likeness (QED) is 0.936. The number of rotatable bonds is 3. The predicted octanol–water partition coefficient (Wildman–Crippen LogP) is 3.53. The topological polar surface area (TPSA) is 54.9 Å². The second kappa shape index (κ2) is 5.28. The molecule has 21 heavy (non-hydrogen) atoms. The fraction of sp³-hybridized carbons (Fsp3) is 0.353. The van der Waals surface area contributed by atoms with Crippen LogP contribution in [0.1, 0.15) is 51.6 Å². The maximum absolute atomic E-state index is 12.4. The van der Waals surface area contributed by atoms with Gasteiger partial charge in [0.05, 0.1) is 0 Å². The molecule has 0 radical (unpaired) electrons. The number of aromatic nitrogens is 2. The second-order valence-corrected chi connectivity index (χ2v) is 5.83. The van der Waals surface area contributed by atoms with Crippen molar-refractivity contribution in [3.05, 3.63) is 52.6 Å². The number of amides is 1. The molecule has 1 N–H and O–H groups in total. The van der Waals surface area contributed by atoms with E-state index in [4.69, 9.17) is 0 Å². The number of hydrogen-bond donors (Lipinski definition) is 1. The highest BCUT2D eigenvalue weighted by Crippen LogP contribution is 2.38. The van der Waals surface area contributed by atoms with E-state index in [1.165, 1.54) is 11.9 Å². The van der Waals surface area contributed by atoms with E-state index in [0.717, 1.165) is 35.3 Å². The number of carbonyl (C=O) groups excluding carboxylic acids is 1. The summed E-state index contributed by atoms with van der Waals surface area (Å²) in [6, 6.07) is 5.95. The van der Waals surface area contributed by atoms with Crippen molar-refractivity contribution in [1.82, 2.24) is 9.97 Å². The second-order valence-electron chi connectivity index (χ2n) is 5.83. The monoisotopic (exact) mass is 281 g/mol. The van der Waals surface area contributed by atoms with Crippen LogP contribution in [0.15, 0.2) is 24.5 Å². The first-order chi connectivity index (χ1) is 10.0. The first-order valence-electron chi connectivity index (χ1n) is 7.25. The minimum atomic E-state index is -0.172. The Balaban J connectivity index is 1.85. The molecule has 4 heteroatoms. The molecule has 1 saturated carbocycles. The normalized spacial score (nSPS) is 14.0. The van der Waals surface area contributed by atoms with Crippen LogP contribution in [-0.4, -0.2) is 15.9 Å². The molecule has 1 aromatic carbocycles. The Morgan fingerprint density at radius 3 is 2.38 bits per heavy atom. The van der Waals surface area contributed by atoms with Crippen molar-refractivity contribution in [1.29, 1.82) is 0 Å². The van der Waals surface area contributed by atoms with Gasteiger partial charge in [-0.15, -0.1) is 0 Å². The Bertz CT molecular complexity index is 682. The largest absolute Gasteiger partial charge is 0.320 e. The van der Waals surface area contributed by atoms with Crippen molar-refractivity contribution in [3.8, 4) is 0 Å². The highest BCUT2D eigenvalue weighted by molar-refractivity contribution is 6.03. The molecule has 3 rings (SSSR count). The summed E-state index contributed by atoms with van der Waals surface area (Å²) in [5.41, 5.74) is 5.62. The molecule has 2 aromatic rings. The SMILES string of the molecule is Cc1cc(C)c(NC(=O)c2cc(C3CC3)ncn2)c(C)c1. The molecular formula is C17H19N3O. The van der Waals surface area contributed by atoms with E-state index in [2.05, 4.69) is 34.3 Å². The molecule has 0 spiro atoms. The summed E-state index contributed by atoms with van der Waals surface area (Å²) in [6.07, 6.45) is 3.81. The standard InChI is InChI=1S/C17H19N3O/c1-10-6-11(2)16(12(3)7-10)20-17(21)15-8-14(13-4-5-13)18-9-19-15/h6-9,13H,4-5H2,1-3H3,(H,20,21). The summed E-state index contributed by atoms with van der Waals surface area (Å²) in [5.74, 6) is 0.344. The molecule has 0 saturated heterocycles. The zero-order chi connectivity index (χ0) is 15.0. The van der Waals surface area contributed by atoms with Gasteiger partial charge in [-0.05, 0) is 50.8 Å². The van der Waals surface area contributed by atoms with Crippen LogP contribution in [0.25, 0.3) is 0 Å². The number of nitrogens with zero attached hydrogens (tertiary/aromatic N) is 2. The molecule has 1 aliphatic carbocycles. The summed E-state index contributed by atoms with van der Waals surface area (Å²) in [5, 5.41) is 2.98. The van der Waals surface area contributed by atoms with Gasteiger partial charge in [-0.3, -0.25) is 4.79 Å². The third-order valence-corrected chi connectivity index (χ3v) is 3.83. The van der Waals surface area contributed by atoms with Crippen LogP contribution in [0.3, 0.4) is 0 Å². The smallest absolute Gasteiger partial charge is 0.274 e. The number of nitrogens with one attached hydrogen (secondary N) is 1. The Morgan fingerprint density at radius 1 is 1.10 bits per heavy atom. The predicted molar refractivity (Wildman–Crippen MR) is 82.6 cm³/mol. The van der Waals surface area contributed by atoms with Crippen molar-refractivity contribution in [2.45, 2.75) is 39.5 Å². The lowest BCUT2D eigenvalue weighted by molar-refractivity contribution is 0.102. The zero-order valence-electron chi connectivity index (χ0n) is 12.6. The van der Waals surface area contributed by atoms with E-state index in [1.807, 2.05) is 19.9 Å². The van der Waals surface area contributed by atoms with Gasteiger partial charge in [0, 0.05) is 17.3 Å². The molecule has 1 aliphatic rings. The molecule has 1 fully saturated rings. The van der Waals surface area contributed by atoms with E-state index in [9.17, 15) is 4.79 Å². The average Bonchev–Trinajstić information content (AvgIpc) is 3.27. The van der Waals surface area contributed by atoms with Gasteiger partial charge in [0.25, 0.3) is 5.91 Å². The van der Waals surface area contributed by atoms with Crippen LogP contribution in [0.4, 0.5) is 5.69 Å². The number of benzene rings is 1. The van der Waals surface area contributed by atoms with Crippen molar-refractivity contribution in [2.75, 3.05) is 5.32 Å². The van der Waals surface area contributed by atoms with E-state index in [0.29, 0.717) is 11.6 Å². The lowest BCUT2D eigenvalue weighted by atomic mass is 10.0. The molecule has 0 atom stereocenters. The fourth-order valence-electron chi connectivity index (χ4n) is 2.65. The molecule has 1 heterocycles. The molecule has 4 nitrogen and oxygen atoms in total. The summed E-state index contributed by atoms with van der Waals surface area (Å²) in [6.45, 7) is 6.06. The number of carbonyl (C=O) groups is 1. The van der Waals surface area contributed by atoms with Crippen LogP contribution >= 0.6 is 0 Å².